The summed E-state index contributed by atoms with van der Waals surface area (Å²) >= 11 is 0. The van der Waals surface area contributed by atoms with Crippen LogP contribution in [0.5, 0.6) is 0 Å². The molecule has 3 nitrogen and oxygen atoms in total. The molecule has 0 saturated carbocycles. The van der Waals surface area contributed by atoms with E-state index in [1.54, 1.807) is 0 Å². The van der Waals surface area contributed by atoms with Crippen molar-refractivity contribution in [2.24, 2.45) is 0 Å². The van der Waals surface area contributed by atoms with Crippen molar-refractivity contribution < 1.29 is 41.2 Å². The SMILES string of the molecule is O=C(O)O.[CaH2].[KH].[Zr]. The van der Waals surface area contributed by atoms with Crippen LogP contribution < -0.4 is 0 Å². The minimum atomic E-state index is -1.83. The minimum absolute atomic E-state index is 0. The fourth-order valence-corrected chi connectivity index (χ4v) is 0. The van der Waals surface area contributed by atoms with Gasteiger partial charge in [-0.25, -0.2) is 4.79 Å². The van der Waals surface area contributed by atoms with Crippen molar-refractivity contribution in [3.05, 3.63) is 0 Å². The van der Waals surface area contributed by atoms with E-state index < -0.39 is 6.16 Å². The summed E-state index contributed by atoms with van der Waals surface area (Å²) in [5, 5.41) is 13.9. The fourth-order valence-electron chi connectivity index (χ4n) is 0. The van der Waals surface area contributed by atoms with Crippen molar-refractivity contribution >= 4 is 95.3 Å². The van der Waals surface area contributed by atoms with Gasteiger partial charge in [-0.05, 0) is 0 Å². The molecule has 0 aromatic rings. The number of carbonyl (C=O) groups is 1. The first-order valence-electron chi connectivity index (χ1n) is 0.651. The Morgan fingerprint density at radius 2 is 1.29 bits per heavy atom. The summed E-state index contributed by atoms with van der Waals surface area (Å²) in [5.74, 6) is 0. The van der Waals surface area contributed by atoms with Crippen LogP contribution in [0, 0.1) is 0 Å². The van der Waals surface area contributed by atoms with Gasteiger partial charge in [0, 0.05) is 26.2 Å². The standard InChI is InChI=1S/CH2O3.Ca.K.Zr.3H/c2-1(3)4;;;;;;/h(H2,2,3,4);;;;;;. The second-order valence-corrected chi connectivity index (χ2v) is 0.283. The van der Waals surface area contributed by atoms with Crippen LogP contribution in [-0.2, 0) is 26.2 Å². The first-order valence-corrected chi connectivity index (χ1v) is 0.651. The molecule has 0 amide bonds. The summed E-state index contributed by atoms with van der Waals surface area (Å²) in [6.45, 7) is 0. The normalized spacial score (nSPS) is 3.43. The summed E-state index contributed by atoms with van der Waals surface area (Å²) in [6.07, 6.45) is -1.83. The topological polar surface area (TPSA) is 57.5 Å². The van der Waals surface area contributed by atoms with Gasteiger partial charge in [-0.3, -0.25) is 0 Å². The molecule has 0 rings (SSSR count). The van der Waals surface area contributed by atoms with Gasteiger partial charge in [-0.1, -0.05) is 0 Å². The number of carboxylic acid groups (broad SMARTS) is 2. The molecule has 0 aliphatic carbocycles. The molecule has 2 N–H and O–H groups in total. The monoisotopic (exact) mass is 234 g/mol. The Kier molecular flexibility index (Phi) is 51.5. The molecule has 6 heteroatoms. The van der Waals surface area contributed by atoms with Crippen molar-refractivity contribution in [3.63, 3.8) is 0 Å². The second-order valence-electron chi connectivity index (χ2n) is 0.283. The third-order valence-corrected chi connectivity index (χ3v) is 0. The van der Waals surface area contributed by atoms with Gasteiger partial charge in [0.05, 0.1) is 0 Å². The van der Waals surface area contributed by atoms with Gasteiger partial charge in [0.25, 0.3) is 0 Å². The van der Waals surface area contributed by atoms with E-state index in [1.165, 1.54) is 0 Å². The zero-order valence-corrected chi connectivity index (χ0v) is 4.76. The molecule has 0 spiro atoms. The molecule has 0 aliphatic rings. The fraction of sp³-hybridized carbons (Fsp3) is 0. The summed E-state index contributed by atoms with van der Waals surface area (Å²) in [5.41, 5.74) is 0. The molecule has 0 saturated heterocycles. The molecule has 0 atom stereocenters. The van der Waals surface area contributed by atoms with Crippen LogP contribution in [0.1, 0.15) is 0 Å². The quantitative estimate of drug-likeness (QED) is 0.511. The van der Waals surface area contributed by atoms with E-state index in [4.69, 9.17) is 15.0 Å². The second kappa shape index (κ2) is 16.0. The van der Waals surface area contributed by atoms with Crippen molar-refractivity contribution in [2.45, 2.75) is 0 Å². The summed E-state index contributed by atoms with van der Waals surface area (Å²) < 4.78 is 0. The summed E-state index contributed by atoms with van der Waals surface area (Å²) in [4.78, 5) is 8.56. The van der Waals surface area contributed by atoms with Crippen LogP contribution in [-0.4, -0.2) is 105 Å². The van der Waals surface area contributed by atoms with Crippen LogP contribution in [0.3, 0.4) is 0 Å². The Hall–Kier alpha value is 3.05. The van der Waals surface area contributed by atoms with Gasteiger partial charge in [-0.2, -0.15) is 0 Å². The molecular formula is CH5CaKO3Zr. The van der Waals surface area contributed by atoms with Gasteiger partial charge in [0.15, 0.2) is 0 Å². The van der Waals surface area contributed by atoms with Gasteiger partial charge in [0.2, 0.25) is 0 Å². The number of hydrogen-bond donors (Lipinski definition) is 2. The van der Waals surface area contributed by atoms with Crippen LogP contribution in [0.4, 0.5) is 4.79 Å². The average Bonchev–Trinajstić information content (AvgIpc) is 0.811. The van der Waals surface area contributed by atoms with Crippen LogP contribution in [0.15, 0.2) is 0 Å². The van der Waals surface area contributed by atoms with Crippen molar-refractivity contribution in [3.8, 4) is 0 Å². The Balaban J connectivity index is -0.0000000150. The van der Waals surface area contributed by atoms with E-state index in [2.05, 4.69) is 0 Å². The van der Waals surface area contributed by atoms with Crippen molar-refractivity contribution in [2.75, 3.05) is 0 Å². The Labute approximate surface area is 133 Å². The predicted molar refractivity (Wildman–Crippen MR) is 26.3 cm³/mol. The minimum Gasteiger partial charge on any atom is 0 e. The zero-order valence-electron chi connectivity index (χ0n) is 2.30. The molecule has 0 aromatic heterocycles. The third kappa shape index (κ3) is 48.4. The van der Waals surface area contributed by atoms with Crippen LogP contribution in [0.25, 0.3) is 0 Å². The first-order chi connectivity index (χ1) is 1.73. The maximum absolute atomic E-state index is 8.56. The molecule has 34 valence electrons. The largest absolute Gasteiger partial charge is 0 e. The van der Waals surface area contributed by atoms with Crippen LogP contribution in [0.2, 0.25) is 0 Å². The van der Waals surface area contributed by atoms with Crippen molar-refractivity contribution in [1.82, 2.24) is 0 Å². The maximum Gasteiger partial charge on any atom is 0 e. The third-order valence-electron chi connectivity index (χ3n) is 0. The number of hydrogen-bond acceptors (Lipinski definition) is 1. The molecule has 0 aliphatic heterocycles. The molecule has 0 unspecified atom stereocenters. The Bertz CT molecular complexity index is 37.9. The van der Waals surface area contributed by atoms with E-state index in [0.717, 1.165) is 0 Å². The van der Waals surface area contributed by atoms with Gasteiger partial charge in [-0.15, -0.1) is 0 Å². The summed E-state index contributed by atoms with van der Waals surface area (Å²) in [7, 11) is 0. The van der Waals surface area contributed by atoms with Crippen molar-refractivity contribution in [1.29, 1.82) is 0 Å². The van der Waals surface area contributed by atoms with Gasteiger partial charge in [0.1, 0.15) is 0 Å². The van der Waals surface area contributed by atoms with Crippen LogP contribution >= 0.6 is 0 Å². The molecule has 0 bridgehead atoms. The van der Waals surface area contributed by atoms with Gasteiger partial charge < -0.3 is 10.2 Å². The summed E-state index contributed by atoms with van der Waals surface area (Å²) in [6, 6.07) is 0. The average molecular weight is 235 g/mol. The smallest absolute Gasteiger partial charge is 0 e. The van der Waals surface area contributed by atoms with E-state index in [1.807, 2.05) is 0 Å². The Morgan fingerprint density at radius 3 is 1.29 bits per heavy atom. The number of rotatable bonds is 0. The molecule has 0 radical (unpaired) electrons. The van der Waals surface area contributed by atoms with E-state index >= 15 is 0 Å². The van der Waals surface area contributed by atoms with Gasteiger partial charge >= 0.3 is 95.3 Å². The Morgan fingerprint density at radius 1 is 1.29 bits per heavy atom. The molecule has 0 heterocycles. The van der Waals surface area contributed by atoms with E-state index in [0.29, 0.717) is 0 Å². The molecule has 7 heavy (non-hydrogen) atoms. The molecular weight excluding hydrogens is 230 g/mol. The zero-order chi connectivity index (χ0) is 3.58. The predicted octanol–water partition coefficient (Wildman–Crippen LogP) is -1.34. The molecule has 0 fully saturated rings. The maximum atomic E-state index is 8.56. The molecule has 0 aromatic carbocycles. The van der Waals surface area contributed by atoms with E-state index in [9.17, 15) is 0 Å². The first kappa shape index (κ1) is 22.5. The van der Waals surface area contributed by atoms with E-state index in [-0.39, 0.29) is 115 Å².